The zero-order valence-electron chi connectivity index (χ0n) is 4.52. The molecule has 0 aromatic rings. The van der Waals surface area contributed by atoms with Crippen LogP contribution in [0.15, 0.2) is 12.2 Å². The predicted molar refractivity (Wildman–Crippen MR) is 28.9 cm³/mol. The Bertz CT molecular complexity index is 98.6. The lowest BCUT2D eigenvalue weighted by Gasteiger charge is -1.91. The fraction of sp³-hybridized carbons (Fsp3) is 0.400. The maximum atomic E-state index is 10.2. The second-order valence-electron chi connectivity index (χ2n) is 1.27. The van der Waals surface area contributed by atoms with Crippen LogP contribution in [0.3, 0.4) is 0 Å². The largest absolute Gasteiger partial charge is 0.466 e. The lowest BCUT2D eigenvalue weighted by atomic mass is 10.4. The van der Waals surface area contributed by atoms with Crippen LogP contribution in [0.4, 0.5) is 0 Å². The standard InChI is InChI=1S/C5H8O2.H2/c1-4(2)5(6)7-3;/h1H2,2-3H3;1H. The third-order valence-corrected chi connectivity index (χ3v) is 0.534. The number of carbonyl (C=O) groups excluding carboxylic acids is 1. The van der Waals surface area contributed by atoms with Crippen molar-refractivity contribution in [3.05, 3.63) is 12.2 Å². The first kappa shape index (κ1) is 6.21. The van der Waals surface area contributed by atoms with Gasteiger partial charge < -0.3 is 4.74 Å². The maximum absolute atomic E-state index is 10.2. The van der Waals surface area contributed by atoms with Gasteiger partial charge in [0.25, 0.3) is 0 Å². The molecule has 0 unspecified atom stereocenters. The summed E-state index contributed by atoms with van der Waals surface area (Å²) in [5, 5.41) is 0. The molecule has 0 bridgehead atoms. The van der Waals surface area contributed by atoms with Crippen molar-refractivity contribution in [2.75, 3.05) is 7.11 Å². The fourth-order valence-corrected chi connectivity index (χ4v) is 0.174. The van der Waals surface area contributed by atoms with Gasteiger partial charge in [-0.3, -0.25) is 0 Å². The van der Waals surface area contributed by atoms with Gasteiger partial charge in [-0.25, -0.2) is 4.79 Å². The van der Waals surface area contributed by atoms with Gasteiger partial charge in [-0.05, 0) is 6.92 Å². The molecule has 0 spiro atoms. The van der Waals surface area contributed by atoms with Gasteiger partial charge in [-0.2, -0.15) is 0 Å². The van der Waals surface area contributed by atoms with Gasteiger partial charge in [-0.1, -0.05) is 6.58 Å². The highest BCUT2D eigenvalue weighted by Crippen LogP contribution is 1.87. The van der Waals surface area contributed by atoms with E-state index in [1.807, 2.05) is 0 Å². The van der Waals surface area contributed by atoms with Crippen molar-refractivity contribution in [2.45, 2.75) is 6.92 Å². The van der Waals surface area contributed by atoms with Crippen LogP contribution in [0.5, 0.6) is 0 Å². The molecule has 0 aliphatic carbocycles. The molecule has 0 amide bonds. The van der Waals surface area contributed by atoms with Gasteiger partial charge in [-0.15, -0.1) is 0 Å². The number of esters is 1. The molecular formula is C5H10O2. The summed E-state index contributed by atoms with van der Waals surface area (Å²) >= 11 is 0. The van der Waals surface area contributed by atoms with Gasteiger partial charge in [0.2, 0.25) is 0 Å². The van der Waals surface area contributed by atoms with Crippen LogP contribution in [0, 0.1) is 0 Å². The minimum absolute atomic E-state index is 0. The minimum atomic E-state index is -0.347. The number of rotatable bonds is 1. The van der Waals surface area contributed by atoms with E-state index in [-0.39, 0.29) is 7.40 Å². The van der Waals surface area contributed by atoms with Crippen LogP contribution in [-0.2, 0) is 9.53 Å². The number of hydrogen-bond acceptors (Lipinski definition) is 2. The molecule has 0 rings (SSSR count). The maximum Gasteiger partial charge on any atom is 0.332 e. The molecule has 0 heterocycles. The molecule has 7 heavy (non-hydrogen) atoms. The van der Waals surface area contributed by atoms with Gasteiger partial charge in [0, 0.05) is 7.00 Å². The summed E-state index contributed by atoms with van der Waals surface area (Å²) in [6.07, 6.45) is 0. The van der Waals surface area contributed by atoms with Crippen LogP contribution < -0.4 is 0 Å². The molecule has 0 aromatic heterocycles. The molecule has 0 saturated carbocycles. The highest BCUT2D eigenvalue weighted by molar-refractivity contribution is 5.86. The third kappa shape index (κ3) is 1.98. The highest BCUT2D eigenvalue weighted by Gasteiger charge is 1.95. The molecule has 0 radical (unpaired) electrons. The van der Waals surface area contributed by atoms with Crippen LogP contribution in [0.25, 0.3) is 0 Å². The molecule has 0 fully saturated rings. The Morgan fingerprint density at radius 2 is 2.29 bits per heavy atom. The van der Waals surface area contributed by atoms with E-state index in [0.29, 0.717) is 5.57 Å². The first-order valence-electron chi connectivity index (χ1n) is 1.92. The average molecular weight is 102 g/mol. The van der Waals surface area contributed by atoms with E-state index in [1.54, 1.807) is 6.92 Å². The zero-order chi connectivity index (χ0) is 5.86. The van der Waals surface area contributed by atoms with E-state index in [4.69, 9.17) is 0 Å². The van der Waals surface area contributed by atoms with Gasteiger partial charge in [0.15, 0.2) is 0 Å². The summed E-state index contributed by atoms with van der Waals surface area (Å²) in [5.74, 6) is -0.347. The third-order valence-electron chi connectivity index (χ3n) is 0.534. The van der Waals surface area contributed by atoms with E-state index in [0.717, 1.165) is 0 Å². The molecule has 2 nitrogen and oxygen atoms in total. The summed E-state index contributed by atoms with van der Waals surface area (Å²) in [4.78, 5) is 10.2. The first-order chi connectivity index (χ1) is 3.18. The van der Waals surface area contributed by atoms with Crippen molar-refractivity contribution >= 4 is 5.97 Å². The monoisotopic (exact) mass is 102 g/mol. The van der Waals surface area contributed by atoms with Crippen molar-refractivity contribution in [2.24, 2.45) is 0 Å². The van der Waals surface area contributed by atoms with Crippen LogP contribution >= 0.6 is 0 Å². The highest BCUT2D eigenvalue weighted by atomic mass is 16.5. The fourth-order valence-electron chi connectivity index (χ4n) is 0.174. The van der Waals surface area contributed by atoms with Crippen molar-refractivity contribution < 1.29 is 11.0 Å². The smallest absolute Gasteiger partial charge is 0.332 e. The Kier molecular flexibility index (Phi) is 2.12. The Morgan fingerprint density at radius 1 is 1.86 bits per heavy atom. The molecule has 0 atom stereocenters. The number of hydrogen-bond donors (Lipinski definition) is 0. The van der Waals surface area contributed by atoms with E-state index >= 15 is 0 Å². The van der Waals surface area contributed by atoms with Crippen LogP contribution in [-0.4, -0.2) is 13.1 Å². The summed E-state index contributed by atoms with van der Waals surface area (Å²) < 4.78 is 4.27. The lowest BCUT2D eigenvalue weighted by molar-refractivity contribution is -0.135. The molecule has 42 valence electrons. The summed E-state index contributed by atoms with van der Waals surface area (Å²) in [5.41, 5.74) is 0.433. The summed E-state index contributed by atoms with van der Waals surface area (Å²) in [6.45, 7) is 4.95. The normalized spacial score (nSPS) is 7.71. The van der Waals surface area contributed by atoms with Crippen molar-refractivity contribution in [1.82, 2.24) is 0 Å². The Morgan fingerprint density at radius 3 is 2.29 bits per heavy atom. The second-order valence-corrected chi connectivity index (χ2v) is 1.27. The Hall–Kier alpha value is -0.790. The molecule has 0 aromatic carbocycles. The average Bonchev–Trinajstić information content (AvgIpc) is 1.65. The van der Waals surface area contributed by atoms with Crippen molar-refractivity contribution in [3.63, 3.8) is 0 Å². The number of carbonyl (C=O) groups is 1. The summed E-state index contributed by atoms with van der Waals surface area (Å²) in [6, 6.07) is 0. The topological polar surface area (TPSA) is 26.3 Å². The van der Waals surface area contributed by atoms with E-state index < -0.39 is 0 Å². The minimum Gasteiger partial charge on any atom is -0.466 e. The van der Waals surface area contributed by atoms with Crippen LogP contribution in [0.2, 0.25) is 0 Å². The van der Waals surface area contributed by atoms with Gasteiger partial charge in [0.1, 0.15) is 0 Å². The Labute approximate surface area is 44.3 Å². The van der Waals surface area contributed by atoms with Gasteiger partial charge in [0.05, 0.1) is 7.11 Å². The Balaban J connectivity index is 0. The quantitative estimate of drug-likeness (QED) is 0.364. The van der Waals surface area contributed by atoms with Gasteiger partial charge >= 0.3 is 5.97 Å². The van der Waals surface area contributed by atoms with Crippen LogP contribution in [0.1, 0.15) is 8.35 Å². The molecule has 0 saturated heterocycles. The first-order valence-corrected chi connectivity index (χ1v) is 1.92. The van der Waals surface area contributed by atoms with E-state index in [2.05, 4.69) is 11.3 Å². The number of methoxy groups -OCH3 is 1. The molecular weight excluding hydrogens is 92.1 g/mol. The number of ether oxygens (including phenoxy) is 1. The molecule has 0 aliphatic heterocycles. The van der Waals surface area contributed by atoms with Crippen molar-refractivity contribution in [1.29, 1.82) is 0 Å². The molecule has 2 heteroatoms. The summed E-state index contributed by atoms with van der Waals surface area (Å²) in [7, 11) is 1.33. The van der Waals surface area contributed by atoms with E-state index in [1.165, 1.54) is 7.11 Å². The molecule has 0 N–H and O–H groups in total. The predicted octanol–water partition coefficient (Wildman–Crippen LogP) is 0.982. The van der Waals surface area contributed by atoms with E-state index in [9.17, 15) is 4.79 Å². The zero-order valence-corrected chi connectivity index (χ0v) is 4.52. The SMILES string of the molecule is C=C(C)C(=O)OC.[HH]. The molecule has 0 aliphatic rings. The lowest BCUT2D eigenvalue weighted by Crippen LogP contribution is -1.98. The van der Waals surface area contributed by atoms with Crippen molar-refractivity contribution in [3.8, 4) is 0 Å². The second kappa shape index (κ2) is 2.39.